The van der Waals surface area contributed by atoms with Crippen molar-refractivity contribution in [3.63, 3.8) is 0 Å². The molecule has 2 unspecified atom stereocenters. The summed E-state index contributed by atoms with van der Waals surface area (Å²) in [6, 6.07) is 7.92. The molecule has 0 aromatic heterocycles. The van der Waals surface area contributed by atoms with Crippen LogP contribution < -0.4 is 30.4 Å². The van der Waals surface area contributed by atoms with Crippen LogP contribution in [0.15, 0.2) is 60.4 Å². The number of halogens is 2. The van der Waals surface area contributed by atoms with Crippen molar-refractivity contribution in [3.05, 3.63) is 71.5 Å². The van der Waals surface area contributed by atoms with Crippen molar-refractivity contribution in [1.29, 1.82) is 0 Å². The maximum Gasteiger partial charge on any atom is 0.328 e. The van der Waals surface area contributed by atoms with Crippen molar-refractivity contribution in [2.75, 3.05) is 14.2 Å². The Morgan fingerprint density at radius 2 is 1.15 bits per heavy atom. The molecule has 2 aromatic carbocycles. The van der Waals surface area contributed by atoms with E-state index in [1.54, 1.807) is 30.3 Å². The number of ether oxygens (including phenoxy) is 4. The monoisotopic (exact) mass is 582 g/mol. The Hall–Kier alpha value is -3.83. The van der Waals surface area contributed by atoms with E-state index in [2.05, 4.69) is 0 Å². The van der Waals surface area contributed by atoms with E-state index < -0.39 is 29.8 Å². The van der Waals surface area contributed by atoms with E-state index in [0.29, 0.717) is 22.6 Å². The van der Waals surface area contributed by atoms with Crippen LogP contribution in [-0.4, -0.2) is 49.1 Å². The second kappa shape index (κ2) is 16.9. The maximum absolute atomic E-state index is 12.2. The summed E-state index contributed by atoms with van der Waals surface area (Å²) in [4.78, 5) is 35.7. The van der Waals surface area contributed by atoms with Crippen molar-refractivity contribution in [1.82, 2.24) is 0 Å². The van der Waals surface area contributed by atoms with Gasteiger partial charge in [0, 0.05) is 6.08 Å². The van der Waals surface area contributed by atoms with Gasteiger partial charge in [0.15, 0.2) is 28.8 Å². The number of rotatable bonds is 11. The van der Waals surface area contributed by atoms with Gasteiger partial charge in [-0.15, -0.1) is 24.8 Å². The summed E-state index contributed by atoms with van der Waals surface area (Å²) in [6.07, 6.45) is 6.70. The van der Waals surface area contributed by atoms with Crippen LogP contribution in [0.25, 0.3) is 12.2 Å². The van der Waals surface area contributed by atoms with Gasteiger partial charge in [-0.2, -0.15) is 0 Å². The first-order valence-electron chi connectivity index (χ1n) is 11.2. The molecule has 5 N–H and O–H groups in total. The topological polar surface area (TPSA) is 160 Å². The minimum Gasteiger partial charge on any atom is -0.508 e. The summed E-state index contributed by atoms with van der Waals surface area (Å²) < 4.78 is 20.8. The number of allylic oxidation sites excluding steroid dienone is 3. The van der Waals surface area contributed by atoms with Crippen molar-refractivity contribution < 1.29 is 38.4 Å². The summed E-state index contributed by atoms with van der Waals surface area (Å²) in [7, 11) is 2.84. The molecular formula is C27H32Cl2N2O8. The lowest BCUT2D eigenvalue weighted by Gasteiger charge is -2.11. The smallest absolute Gasteiger partial charge is 0.328 e. The number of aliphatic hydroxyl groups excluding tert-OH is 1. The number of benzene rings is 2. The Labute approximate surface area is 239 Å². The number of esters is 2. The molecule has 0 saturated heterocycles. The lowest BCUT2D eigenvalue weighted by Crippen LogP contribution is -2.30. The van der Waals surface area contributed by atoms with Crippen LogP contribution in [0.4, 0.5) is 0 Å². The van der Waals surface area contributed by atoms with Crippen LogP contribution in [-0.2, 0) is 14.4 Å². The van der Waals surface area contributed by atoms with E-state index in [0.717, 1.165) is 6.08 Å². The van der Waals surface area contributed by atoms with Crippen LogP contribution in [0.2, 0.25) is 0 Å². The van der Waals surface area contributed by atoms with E-state index in [9.17, 15) is 19.5 Å². The Morgan fingerprint density at radius 3 is 1.54 bits per heavy atom. The summed E-state index contributed by atoms with van der Waals surface area (Å²) in [5.41, 5.74) is 12.2. The quantitative estimate of drug-likeness (QED) is 0.117. The number of methoxy groups -OCH3 is 2. The third kappa shape index (κ3) is 11.2. The van der Waals surface area contributed by atoms with Gasteiger partial charge in [0.05, 0.1) is 14.2 Å². The maximum atomic E-state index is 12.2. The van der Waals surface area contributed by atoms with Crippen molar-refractivity contribution in [3.8, 4) is 23.0 Å². The minimum atomic E-state index is -0.790. The van der Waals surface area contributed by atoms with Crippen LogP contribution >= 0.6 is 24.8 Å². The lowest BCUT2D eigenvalue weighted by molar-refractivity contribution is -0.136. The molecule has 0 aliphatic carbocycles. The molecule has 2 rings (SSSR count). The number of hydrogen-bond acceptors (Lipinski definition) is 10. The molecule has 0 heterocycles. The van der Waals surface area contributed by atoms with Gasteiger partial charge >= 0.3 is 11.9 Å². The van der Waals surface area contributed by atoms with Gasteiger partial charge in [0.2, 0.25) is 0 Å². The predicted octanol–water partition coefficient (Wildman–Crippen LogP) is 3.79. The highest BCUT2D eigenvalue weighted by Gasteiger charge is 2.15. The molecule has 0 aliphatic rings. The summed E-state index contributed by atoms with van der Waals surface area (Å²) in [6.45, 7) is 3.01. The van der Waals surface area contributed by atoms with E-state index in [4.69, 9.17) is 30.4 Å². The average molecular weight is 583 g/mol. The molecule has 0 saturated carbocycles. The summed E-state index contributed by atoms with van der Waals surface area (Å²) in [5, 5.41) is 10.1. The third-order valence-corrected chi connectivity index (χ3v) is 4.72. The molecule has 0 aliphatic heterocycles. The first-order chi connectivity index (χ1) is 17.5. The average Bonchev–Trinajstić information content (AvgIpc) is 2.87. The molecule has 0 bridgehead atoms. The van der Waals surface area contributed by atoms with Crippen molar-refractivity contribution in [2.24, 2.45) is 11.5 Å². The number of carbonyl (C=O) groups is 3. The molecule has 12 heteroatoms. The Bertz CT molecular complexity index is 1240. The second-order valence-corrected chi connectivity index (χ2v) is 7.88. The van der Waals surface area contributed by atoms with Gasteiger partial charge in [-0.1, -0.05) is 24.3 Å². The SMILES string of the molecule is COc1cc(/C=C/C(=O)/C=C(O)/C=C/c2ccc(OC(=O)C(C)N)c(OC)c2)ccc1OC(=O)C(C)N.Cl.Cl. The van der Waals surface area contributed by atoms with Gasteiger partial charge in [-0.3, -0.25) is 4.79 Å². The van der Waals surface area contributed by atoms with Gasteiger partial charge in [-0.25, -0.2) is 9.59 Å². The van der Waals surface area contributed by atoms with E-state index in [1.165, 1.54) is 58.4 Å². The molecule has 0 amide bonds. The standard InChI is InChI=1S/C27H30N2O8.2ClH/c1-16(28)26(32)36-22-11-7-18(13-24(22)34-3)5-9-20(30)15-21(31)10-6-19-8-12-23(25(14-19)35-4)37-27(33)17(2)29;;/h5-17,30H,28-29H2,1-4H3;2*1H/b9-5+,10-6+,20-15-;;. The fraction of sp³-hybridized carbons (Fsp3) is 0.222. The fourth-order valence-electron chi connectivity index (χ4n) is 2.75. The second-order valence-electron chi connectivity index (χ2n) is 7.88. The summed E-state index contributed by atoms with van der Waals surface area (Å²) >= 11 is 0. The van der Waals surface area contributed by atoms with Crippen LogP contribution in [0.3, 0.4) is 0 Å². The lowest BCUT2D eigenvalue weighted by atomic mass is 10.1. The molecule has 10 nitrogen and oxygen atoms in total. The van der Waals surface area contributed by atoms with Crippen LogP contribution in [0, 0.1) is 0 Å². The fourth-order valence-corrected chi connectivity index (χ4v) is 2.75. The molecule has 0 fully saturated rings. The van der Waals surface area contributed by atoms with Crippen LogP contribution in [0.1, 0.15) is 25.0 Å². The first kappa shape index (κ1) is 35.2. The van der Waals surface area contributed by atoms with E-state index in [1.807, 2.05) is 0 Å². The zero-order valence-electron chi connectivity index (χ0n) is 21.8. The van der Waals surface area contributed by atoms with E-state index in [-0.39, 0.29) is 42.1 Å². The van der Waals surface area contributed by atoms with Gasteiger partial charge in [0.1, 0.15) is 17.8 Å². The largest absolute Gasteiger partial charge is 0.508 e. The number of ketones is 1. The minimum absolute atomic E-state index is 0. The Morgan fingerprint density at radius 1 is 0.744 bits per heavy atom. The zero-order chi connectivity index (χ0) is 27.5. The number of aliphatic hydroxyl groups is 1. The molecule has 39 heavy (non-hydrogen) atoms. The molecule has 0 radical (unpaired) electrons. The third-order valence-electron chi connectivity index (χ3n) is 4.72. The number of nitrogens with two attached hydrogens (primary N) is 2. The summed E-state index contributed by atoms with van der Waals surface area (Å²) in [5.74, 6) is -0.962. The zero-order valence-corrected chi connectivity index (χ0v) is 23.4. The van der Waals surface area contributed by atoms with Gasteiger partial charge in [0.25, 0.3) is 0 Å². The normalized spacial score (nSPS) is 12.6. The molecule has 2 aromatic rings. The van der Waals surface area contributed by atoms with Gasteiger partial charge in [-0.05, 0) is 61.4 Å². The Kier molecular flexibility index (Phi) is 15.2. The van der Waals surface area contributed by atoms with Crippen LogP contribution in [0.5, 0.6) is 23.0 Å². The number of carbonyl (C=O) groups excluding carboxylic acids is 3. The highest BCUT2D eigenvalue weighted by Crippen LogP contribution is 2.30. The first-order valence-corrected chi connectivity index (χ1v) is 11.2. The number of hydrogen-bond donors (Lipinski definition) is 3. The molecule has 212 valence electrons. The van der Waals surface area contributed by atoms with Crippen molar-refractivity contribution in [2.45, 2.75) is 25.9 Å². The highest BCUT2D eigenvalue weighted by atomic mass is 35.5. The highest BCUT2D eigenvalue weighted by molar-refractivity contribution is 6.02. The Balaban J connectivity index is 0.00000722. The predicted molar refractivity (Wildman–Crippen MR) is 153 cm³/mol. The molecule has 0 spiro atoms. The molecule has 2 atom stereocenters. The van der Waals surface area contributed by atoms with Crippen molar-refractivity contribution >= 4 is 54.7 Å². The molecular weight excluding hydrogens is 551 g/mol. The van der Waals surface area contributed by atoms with E-state index >= 15 is 0 Å². The van der Waals surface area contributed by atoms with Gasteiger partial charge < -0.3 is 35.5 Å².